The summed E-state index contributed by atoms with van der Waals surface area (Å²) in [4.78, 5) is 23.6. The Bertz CT molecular complexity index is 761. The number of hydrogen-bond donors (Lipinski definition) is 1. The van der Waals surface area contributed by atoms with Crippen LogP contribution in [0.15, 0.2) is 36.5 Å². The number of nitrogens with zero attached hydrogens (tertiary/aromatic N) is 3. The van der Waals surface area contributed by atoms with Gasteiger partial charge in [-0.1, -0.05) is 12.1 Å². The van der Waals surface area contributed by atoms with E-state index in [0.29, 0.717) is 19.0 Å². The molecule has 0 saturated carbocycles. The Morgan fingerprint density at radius 1 is 1.30 bits per heavy atom. The lowest BCUT2D eigenvalue weighted by Gasteiger charge is -2.32. The van der Waals surface area contributed by atoms with Crippen LogP contribution in [0.25, 0.3) is 0 Å². The second kappa shape index (κ2) is 8.84. The van der Waals surface area contributed by atoms with Crippen LogP contribution in [0.2, 0.25) is 0 Å². The maximum Gasteiger partial charge on any atom is 0.225 e. The molecule has 1 aromatic carbocycles. The van der Waals surface area contributed by atoms with Crippen molar-refractivity contribution < 1.29 is 9.53 Å². The van der Waals surface area contributed by atoms with Gasteiger partial charge in [-0.2, -0.15) is 0 Å². The van der Waals surface area contributed by atoms with Crippen molar-refractivity contribution in [3.8, 4) is 5.75 Å². The van der Waals surface area contributed by atoms with Crippen LogP contribution >= 0.6 is 0 Å². The zero-order chi connectivity index (χ0) is 19.2. The summed E-state index contributed by atoms with van der Waals surface area (Å²) in [6, 6.07) is 9.75. The standard InChI is InChI=1S/C21H28N4O2/c1-15(2)27-19-8-6-17(7-9-19)13-23-20(26)18-5-4-12-25(14-18)21-22-11-10-16(3)24-21/h6-11,15,18H,4-5,12-14H2,1-3H3,(H,23,26). The van der Waals surface area contributed by atoms with E-state index in [1.54, 1.807) is 6.20 Å². The van der Waals surface area contributed by atoms with Crippen molar-refractivity contribution in [2.75, 3.05) is 18.0 Å². The van der Waals surface area contributed by atoms with E-state index in [0.717, 1.165) is 36.4 Å². The van der Waals surface area contributed by atoms with Crippen molar-refractivity contribution in [2.24, 2.45) is 5.92 Å². The number of amides is 1. The topological polar surface area (TPSA) is 67.4 Å². The van der Waals surface area contributed by atoms with Crippen LogP contribution in [-0.2, 0) is 11.3 Å². The average Bonchev–Trinajstić information content (AvgIpc) is 2.67. The largest absolute Gasteiger partial charge is 0.491 e. The molecule has 3 rings (SSSR count). The lowest BCUT2D eigenvalue weighted by atomic mass is 9.97. The van der Waals surface area contributed by atoms with Gasteiger partial charge in [-0.25, -0.2) is 9.97 Å². The Morgan fingerprint density at radius 3 is 2.78 bits per heavy atom. The molecule has 144 valence electrons. The van der Waals surface area contributed by atoms with Gasteiger partial charge in [-0.05, 0) is 57.4 Å². The van der Waals surface area contributed by atoms with Crippen LogP contribution in [-0.4, -0.2) is 35.1 Å². The Morgan fingerprint density at radius 2 is 2.07 bits per heavy atom. The first kappa shape index (κ1) is 19.1. The second-order valence-corrected chi connectivity index (χ2v) is 7.31. The molecule has 0 spiro atoms. The third-order valence-corrected chi connectivity index (χ3v) is 4.62. The molecule has 1 unspecified atom stereocenters. The van der Waals surface area contributed by atoms with E-state index in [-0.39, 0.29) is 17.9 Å². The molecule has 6 nitrogen and oxygen atoms in total. The molecule has 0 radical (unpaired) electrons. The van der Waals surface area contributed by atoms with Crippen LogP contribution in [0.5, 0.6) is 5.75 Å². The van der Waals surface area contributed by atoms with E-state index < -0.39 is 0 Å². The number of carbonyl (C=O) groups is 1. The molecule has 0 aliphatic carbocycles. The number of aryl methyl sites for hydroxylation is 1. The highest BCUT2D eigenvalue weighted by molar-refractivity contribution is 5.79. The van der Waals surface area contributed by atoms with Gasteiger partial charge in [-0.3, -0.25) is 4.79 Å². The summed E-state index contributed by atoms with van der Waals surface area (Å²) in [5.41, 5.74) is 2.01. The first-order chi connectivity index (χ1) is 13.0. The third kappa shape index (κ3) is 5.42. The lowest BCUT2D eigenvalue weighted by molar-refractivity contribution is -0.125. The number of hydrogen-bond acceptors (Lipinski definition) is 5. The lowest BCUT2D eigenvalue weighted by Crippen LogP contribution is -2.43. The minimum Gasteiger partial charge on any atom is -0.491 e. The van der Waals surface area contributed by atoms with Crippen LogP contribution in [0.3, 0.4) is 0 Å². The summed E-state index contributed by atoms with van der Waals surface area (Å²) in [5, 5.41) is 3.07. The van der Waals surface area contributed by atoms with Gasteiger partial charge < -0.3 is 15.0 Å². The number of piperidine rings is 1. The normalized spacial score (nSPS) is 17.0. The smallest absolute Gasteiger partial charge is 0.225 e. The Balaban J connectivity index is 1.53. The van der Waals surface area contributed by atoms with E-state index in [2.05, 4.69) is 20.2 Å². The van der Waals surface area contributed by atoms with Crippen molar-refractivity contribution in [3.05, 3.63) is 47.8 Å². The van der Waals surface area contributed by atoms with Gasteiger partial charge in [0.1, 0.15) is 5.75 Å². The molecule has 1 aliphatic rings. The monoisotopic (exact) mass is 368 g/mol. The van der Waals surface area contributed by atoms with Crippen LogP contribution in [0.1, 0.15) is 37.9 Å². The predicted molar refractivity (Wildman–Crippen MR) is 106 cm³/mol. The van der Waals surface area contributed by atoms with Gasteiger partial charge in [0.05, 0.1) is 12.0 Å². The van der Waals surface area contributed by atoms with Gasteiger partial charge in [0.2, 0.25) is 11.9 Å². The molecule has 1 amide bonds. The van der Waals surface area contributed by atoms with Crippen LogP contribution < -0.4 is 15.0 Å². The molecule has 1 aliphatic heterocycles. The SMILES string of the molecule is Cc1ccnc(N2CCCC(C(=O)NCc3ccc(OC(C)C)cc3)C2)n1. The number of nitrogens with one attached hydrogen (secondary N) is 1. The van der Waals surface area contributed by atoms with E-state index in [1.807, 2.05) is 51.1 Å². The number of aromatic nitrogens is 2. The van der Waals surface area contributed by atoms with Crippen molar-refractivity contribution >= 4 is 11.9 Å². The summed E-state index contributed by atoms with van der Waals surface area (Å²) in [6.45, 7) is 8.04. The minimum atomic E-state index is -0.0357. The maximum atomic E-state index is 12.6. The van der Waals surface area contributed by atoms with Gasteiger partial charge in [-0.15, -0.1) is 0 Å². The summed E-state index contributed by atoms with van der Waals surface area (Å²) < 4.78 is 5.65. The molecule has 27 heavy (non-hydrogen) atoms. The Labute approximate surface area is 161 Å². The number of benzene rings is 1. The molecule has 1 saturated heterocycles. The first-order valence-electron chi connectivity index (χ1n) is 9.59. The second-order valence-electron chi connectivity index (χ2n) is 7.31. The Kier molecular flexibility index (Phi) is 6.27. The number of carbonyl (C=O) groups excluding carboxylic acids is 1. The zero-order valence-corrected chi connectivity index (χ0v) is 16.3. The maximum absolute atomic E-state index is 12.6. The highest BCUT2D eigenvalue weighted by atomic mass is 16.5. The average molecular weight is 368 g/mol. The minimum absolute atomic E-state index is 0.0357. The first-order valence-corrected chi connectivity index (χ1v) is 9.59. The summed E-state index contributed by atoms with van der Waals surface area (Å²) >= 11 is 0. The summed E-state index contributed by atoms with van der Waals surface area (Å²) in [6.07, 6.45) is 3.79. The molecular weight excluding hydrogens is 340 g/mol. The molecule has 0 bridgehead atoms. The van der Waals surface area contributed by atoms with E-state index in [9.17, 15) is 4.79 Å². The van der Waals surface area contributed by atoms with Crippen molar-refractivity contribution in [1.82, 2.24) is 15.3 Å². The molecule has 1 N–H and O–H groups in total. The van der Waals surface area contributed by atoms with Crippen molar-refractivity contribution in [2.45, 2.75) is 46.3 Å². The van der Waals surface area contributed by atoms with Gasteiger partial charge in [0.25, 0.3) is 0 Å². The number of anilines is 1. The highest BCUT2D eigenvalue weighted by Crippen LogP contribution is 2.21. The number of rotatable bonds is 6. The predicted octanol–water partition coefficient (Wildman–Crippen LogP) is 3.11. The molecule has 1 atom stereocenters. The van der Waals surface area contributed by atoms with E-state index in [4.69, 9.17) is 4.74 Å². The summed E-state index contributed by atoms with van der Waals surface area (Å²) in [7, 11) is 0. The molecule has 1 fully saturated rings. The van der Waals surface area contributed by atoms with Gasteiger partial charge in [0, 0.05) is 31.5 Å². The van der Waals surface area contributed by atoms with Gasteiger partial charge >= 0.3 is 0 Å². The Hall–Kier alpha value is -2.63. The van der Waals surface area contributed by atoms with Crippen LogP contribution in [0, 0.1) is 12.8 Å². The van der Waals surface area contributed by atoms with Gasteiger partial charge in [0.15, 0.2) is 0 Å². The molecule has 2 heterocycles. The molecule has 1 aromatic heterocycles. The summed E-state index contributed by atoms with van der Waals surface area (Å²) in [5.74, 6) is 1.62. The highest BCUT2D eigenvalue weighted by Gasteiger charge is 2.27. The van der Waals surface area contributed by atoms with Crippen molar-refractivity contribution in [3.63, 3.8) is 0 Å². The zero-order valence-electron chi connectivity index (χ0n) is 16.3. The molecular formula is C21H28N4O2. The molecule has 6 heteroatoms. The fourth-order valence-corrected chi connectivity index (χ4v) is 3.25. The van der Waals surface area contributed by atoms with E-state index >= 15 is 0 Å². The van der Waals surface area contributed by atoms with E-state index in [1.165, 1.54) is 0 Å². The molecule has 2 aromatic rings. The third-order valence-electron chi connectivity index (χ3n) is 4.62. The van der Waals surface area contributed by atoms with Crippen molar-refractivity contribution in [1.29, 1.82) is 0 Å². The van der Waals surface area contributed by atoms with Crippen LogP contribution in [0.4, 0.5) is 5.95 Å². The fraction of sp³-hybridized carbons (Fsp3) is 0.476. The quantitative estimate of drug-likeness (QED) is 0.849. The fourth-order valence-electron chi connectivity index (χ4n) is 3.25. The number of ether oxygens (including phenoxy) is 1.